The molecule has 2 heterocycles. The third kappa shape index (κ3) is 3.77. The summed E-state index contributed by atoms with van der Waals surface area (Å²) in [5.41, 5.74) is 6.26. The second-order valence-corrected chi connectivity index (χ2v) is 6.63. The highest BCUT2D eigenvalue weighted by Gasteiger charge is 2.23. The lowest BCUT2D eigenvalue weighted by Crippen LogP contribution is -2.46. The number of carbonyl (C=O) groups excluding carboxylic acids is 1. The van der Waals surface area contributed by atoms with Crippen molar-refractivity contribution in [3.8, 4) is 0 Å². The van der Waals surface area contributed by atoms with E-state index in [9.17, 15) is 4.79 Å². The van der Waals surface area contributed by atoms with Gasteiger partial charge < -0.3 is 16.0 Å². The van der Waals surface area contributed by atoms with E-state index in [0.29, 0.717) is 11.7 Å². The lowest BCUT2D eigenvalue weighted by Gasteiger charge is -2.34. The summed E-state index contributed by atoms with van der Waals surface area (Å²) >= 11 is 1.45. The van der Waals surface area contributed by atoms with Crippen molar-refractivity contribution in [3.63, 3.8) is 0 Å². The summed E-state index contributed by atoms with van der Waals surface area (Å²) in [4.78, 5) is 18.9. The van der Waals surface area contributed by atoms with Crippen molar-refractivity contribution in [3.05, 3.63) is 16.1 Å². The van der Waals surface area contributed by atoms with E-state index in [1.807, 2.05) is 6.92 Å². The van der Waals surface area contributed by atoms with Crippen LogP contribution in [0, 0.1) is 0 Å². The zero-order valence-electron chi connectivity index (χ0n) is 12.4. The van der Waals surface area contributed by atoms with E-state index in [1.54, 1.807) is 5.38 Å². The van der Waals surface area contributed by atoms with Gasteiger partial charge in [0.2, 0.25) is 0 Å². The van der Waals surface area contributed by atoms with Crippen LogP contribution in [-0.2, 0) is 0 Å². The van der Waals surface area contributed by atoms with E-state index in [0.717, 1.165) is 30.9 Å². The lowest BCUT2D eigenvalue weighted by molar-refractivity contribution is 0.0896. The fourth-order valence-corrected chi connectivity index (χ4v) is 3.18. The number of hydrogen-bond acceptors (Lipinski definition) is 5. The highest BCUT2D eigenvalue weighted by molar-refractivity contribution is 7.09. The Kier molecular flexibility index (Phi) is 5.12. The fourth-order valence-electron chi connectivity index (χ4n) is 2.42. The first-order valence-corrected chi connectivity index (χ1v) is 8.11. The van der Waals surface area contributed by atoms with Gasteiger partial charge in [-0.1, -0.05) is 0 Å². The fraction of sp³-hybridized carbons (Fsp3) is 0.714. The summed E-state index contributed by atoms with van der Waals surface area (Å²) in [6.07, 6.45) is 2.02. The second-order valence-electron chi connectivity index (χ2n) is 5.74. The van der Waals surface area contributed by atoms with Gasteiger partial charge in [-0.3, -0.25) is 4.79 Å². The number of nitrogens with one attached hydrogen (secondary N) is 1. The highest BCUT2D eigenvalue weighted by Crippen LogP contribution is 2.17. The van der Waals surface area contributed by atoms with E-state index >= 15 is 0 Å². The molecule has 1 aromatic rings. The summed E-state index contributed by atoms with van der Waals surface area (Å²) in [6, 6.07) is 0.729. The molecule has 2 rings (SSSR count). The molecule has 5 nitrogen and oxygen atoms in total. The molecular weight excluding hydrogens is 272 g/mol. The van der Waals surface area contributed by atoms with Crippen LogP contribution in [0.3, 0.4) is 0 Å². The highest BCUT2D eigenvalue weighted by atomic mass is 32.1. The van der Waals surface area contributed by atoms with Gasteiger partial charge in [-0.2, -0.15) is 0 Å². The van der Waals surface area contributed by atoms with E-state index in [4.69, 9.17) is 5.73 Å². The van der Waals surface area contributed by atoms with Gasteiger partial charge in [0.25, 0.3) is 5.91 Å². The summed E-state index contributed by atoms with van der Waals surface area (Å²) < 4.78 is 0. The zero-order chi connectivity index (χ0) is 14.7. The minimum atomic E-state index is -0.115. The molecule has 6 heteroatoms. The van der Waals surface area contributed by atoms with Crippen LogP contribution in [-0.4, -0.2) is 41.0 Å². The van der Waals surface area contributed by atoms with Crippen LogP contribution in [0.25, 0.3) is 0 Å². The van der Waals surface area contributed by atoms with Gasteiger partial charge >= 0.3 is 0 Å². The molecule has 20 heavy (non-hydrogen) atoms. The maximum absolute atomic E-state index is 12.1. The molecule has 1 aromatic heterocycles. The van der Waals surface area contributed by atoms with Crippen molar-refractivity contribution in [1.82, 2.24) is 15.2 Å². The van der Waals surface area contributed by atoms with Crippen molar-refractivity contribution in [1.29, 1.82) is 0 Å². The molecule has 0 bridgehead atoms. The Morgan fingerprint density at radius 2 is 2.10 bits per heavy atom. The van der Waals surface area contributed by atoms with Crippen molar-refractivity contribution >= 4 is 17.2 Å². The van der Waals surface area contributed by atoms with Gasteiger partial charge in [0, 0.05) is 30.6 Å². The third-order valence-corrected chi connectivity index (χ3v) is 4.78. The van der Waals surface area contributed by atoms with Crippen LogP contribution in [0.2, 0.25) is 0 Å². The van der Waals surface area contributed by atoms with Gasteiger partial charge in [-0.25, -0.2) is 4.98 Å². The number of amides is 1. The van der Waals surface area contributed by atoms with Crippen molar-refractivity contribution in [2.75, 3.05) is 13.1 Å². The molecule has 112 valence electrons. The average molecular weight is 296 g/mol. The SMILES string of the molecule is CC(N)c1nc(C(=O)NC2CCN(C(C)C)CC2)cs1. The molecule has 1 amide bonds. The monoisotopic (exact) mass is 296 g/mol. The lowest BCUT2D eigenvalue weighted by atomic mass is 10.0. The molecule has 0 saturated carbocycles. The summed E-state index contributed by atoms with van der Waals surface area (Å²) in [7, 11) is 0. The predicted octanol–water partition coefficient (Wildman–Crippen LogP) is 1.77. The Morgan fingerprint density at radius 3 is 2.60 bits per heavy atom. The standard InChI is InChI=1S/C14H24N4OS/c1-9(2)18-6-4-11(5-7-18)16-13(19)12-8-20-14(17-12)10(3)15/h8-11H,4-7,15H2,1-3H3,(H,16,19). The van der Waals surface area contributed by atoms with Crippen molar-refractivity contribution < 1.29 is 4.79 Å². The first-order valence-electron chi connectivity index (χ1n) is 7.23. The maximum Gasteiger partial charge on any atom is 0.270 e. The number of aromatic nitrogens is 1. The largest absolute Gasteiger partial charge is 0.348 e. The first-order chi connectivity index (χ1) is 9.47. The smallest absolute Gasteiger partial charge is 0.270 e. The minimum Gasteiger partial charge on any atom is -0.348 e. The van der Waals surface area contributed by atoms with Gasteiger partial charge in [-0.15, -0.1) is 11.3 Å². The molecule has 0 aliphatic carbocycles. The van der Waals surface area contributed by atoms with Crippen LogP contribution < -0.4 is 11.1 Å². The number of thiazole rings is 1. The second kappa shape index (κ2) is 6.65. The molecule has 1 saturated heterocycles. The summed E-state index contributed by atoms with van der Waals surface area (Å²) in [5, 5.41) is 5.68. The molecule has 0 aromatic carbocycles. The van der Waals surface area contributed by atoms with Gasteiger partial charge in [0.05, 0.1) is 6.04 Å². The average Bonchev–Trinajstić information content (AvgIpc) is 2.89. The van der Waals surface area contributed by atoms with E-state index in [2.05, 4.69) is 29.0 Å². The molecule has 1 aliphatic rings. The number of rotatable bonds is 4. The summed E-state index contributed by atoms with van der Waals surface area (Å²) in [5.74, 6) is -0.0730. The number of nitrogens with zero attached hydrogens (tertiary/aromatic N) is 2. The quantitative estimate of drug-likeness (QED) is 0.888. The number of likely N-dealkylation sites (tertiary alicyclic amines) is 1. The zero-order valence-corrected chi connectivity index (χ0v) is 13.2. The van der Waals surface area contributed by atoms with E-state index < -0.39 is 0 Å². The Bertz CT molecular complexity index is 450. The molecule has 1 atom stereocenters. The van der Waals surface area contributed by atoms with Gasteiger partial charge in [-0.05, 0) is 33.6 Å². The molecule has 3 N–H and O–H groups in total. The molecular formula is C14H24N4OS. The molecule has 1 aliphatic heterocycles. The number of nitrogens with two attached hydrogens (primary N) is 1. The Morgan fingerprint density at radius 1 is 1.45 bits per heavy atom. The van der Waals surface area contributed by atoms with Crippen molar-refractivity contribution in [2.45, 2.75) is 51.7 Å². The first kappa shape index (κ1) is 15.4. The molecule has 1 unspecified atom stereocenters. The third-order valence-electron chi connectivity index (χ3n) is 3.74. The Hall–Kier alpha value is -0.980. The normalized spacial score (nSPS) is 19.2. The maximum atomic E-state index is 12.1. The van der Waals surface area contributed by atoms with Crippen LogP contribution in [0.15, 0.2) is 5.38 Å². The Balaban J connectivity index is 1.86. The number of hydrogen-bond donors (Lipinski definition) is 2. The summed E-state index contributed by atoms with van der Waals surface area (Å²) in [6.45, 7) is 8.39. The minimum absolute atomic E-state index is 0.0730. The van der Waals surface area contributed by atoms with Gasteiger partial charge in [0.15, 0.2) is 0 Å². The van der Waals surface area contributed by atoms with E-state index in [1.165, 1.54) is 11.3 Å². The van der Waals surface area contributed by atoms with Crippen LogP contribution in [0.4, 0.5) is 0 Å². The molecule has 1 fully saturated rings. The molecule has 0 radical (unpaired) electrons. The van der Waals surface area contributed by atoms with Crippen LogP contribution >= 0.6 is 11.3 Å². The van der Waals surface area contributed by atoms with Gasteiger partial charge in [0.1, 0.15) is 10.7 Å². The number of carbonyl (C=O) groups is 1. The predicted molar refractivity (Wildman–Crippen MR) is 81.9 cm³/mol. The number of piperidine rings is 1. The van der Waals surface area contributed by atoms with Crippen LogP contribution in [0.1, 0.15) is 55.2 Å². The van der Waals surface area contributed by atoms with E-state index in [-0.39, 0.29) is 18.0 Å². The topological polar surface area (TPSA) is 71.2 Å². The van der Waals surface area contributed by atoms with Crippen LogP contribution in [0.5, 0.6) is 0 Å². The van der Waals surface area contributed by atoms with Crippen molar-refractivity contribution in [2.24, 2.45) is 5.73 Å². The Labute approximate surface area is 124 Å². The molecule has 0 spiro atoms.